The molecule has 41 heavy (non-hydrogen) atoms. The van der Waals surface area contributed by atoms with Crippen molar-refractivity contribution in [1.82, 2.24) is 19.7 Å². The molecule has 3 heterocycles. The molecule has 0 aliphatic heterocycles. The van der Waals surface area contributed by atoms with Crippen molar-refractivity contribution in [3.63, 3.8) is 0 Å². The van der Waals surface area contributed by atoms with Crippen molar-refractivity contribution in [3.05, 3.63) is 146 Å². The second kappa shape index (κ2) is 9.54. The van der Waals surface area contributed by atoms with E-state index < -0.39 is 0 Å². The number of nitrogens with zero attached hydrogens (tertiary/aromatic N) is 4. The average molecular weight is 525 g/mol. The van der Waals surface area contributed by atoms with E-state index >= 15 is 0 Å². The van der Waals surface area contributed by atoms with Gasteiger partial charge in [-0.05, 0) is 35.0 Å². The minimum absolute atomic E-state index is 0.753. The van der Waals surface area contributed by atoms with Crippen LogP contribution in [0.3, 0.4) is 0 Å². The van der Waals surface area contributed by atoms with Crippen LogP contribution in [0.1, 0.15) is 0 Å². The van der Waals surface area contributed by atoms with Crippen molar-refractivity contribution in [3.8, 4) is 39.6 Å². The van der Waals surface area contributed by atoms with Crippen molar-refractivity contribution >= 4 is 32.6 Å². The largest absolute Gasteiger partial charge is 0.245 e. The summed E-state index contributed by atoms with van der Waals surface area (Å²) in [5, 5.41) is 9.53. The molecule has 4 heteroatoms. The van der Waals surface area contributed by atoms with E-state index in [4.69, 9.17) is 15.1 Å². The number of rotatable bonds is 4. The molecule has 0 bridgehead atoms. The first-order valence-corrected chi connectivity index (χ1v) is 13.7. The van der Waals surface area contributed by atoms with Gasteiger partial charge >= 0.3 is 0 Å². The predicted molar refractivity (Wildman–Crippen MR) is 168 cm³/mol. The molecule has 0 aliphatic carbocycles. The minimum atomic E-state index is 0.753. The van der Waals surface area contributed by atoms with Crippen LogP contribution in [-0.4, -0.2) is 19.7 Å². The van der Waals surface area contributed by atoms with Gasteiger partial charge in [0.1, 0.15) is 0 Å². The van der Waals surface area contributed by atoms with E-state index in [0.717, 1.165) is 61.4 Å². The van der Waals surface area contributed by atoms with E-state index in [1.165, 1.54) is 10.8 Å². The molecule has 4 nitrogen and oxygen atoms in total. The second-order valence-electron chi connectivity index (χ2n) is 10.2. The highest BCUT2D eigenvalue weighted by Gasteiger charge is 2.16. The van der Waals surface area contributed by atoms with Crippen molar-refractivity contribution < 1.29 is 0 Å². The summed E-state index contributed by atoms with van der Waals surface area (Å²) >= 11 is 0. The first-order valence-electron chi connectivity index (χ1n) is 13.7. The van der Waals surface area contributed by atoms with Crippen molar-refractivity contribution in [2.75, 3.05) is 0 Å². The predicted octanol–water partition coefficient (Wildman–Crippen LogP) is 9.12. The number of aromatic nitrogens is 4. The van der Waals surface area contributed by atoms with Crippen LogP contribution in [0, 0.1) is 0 Å². The molecule has 192 valence electrons. The standard InChI is InChI=1S/C37H24N4/c1-3-11-26(12-4-1)33-24-34(27-13-5-2-6-14-27)41(40-33)35-23-21-29-19-18-28-20-22-32(38-36(28)37(29)39-35)31-17-9-15-25-10-7-8-16-30(25)31/h1-24H. The summed E-state index contributed by atoms with van der Waals surface area (Å²) < 4.78 is 1.95. The van der Waals surface area contributed by atoms with Crippen molar-refractivity contribution in [1.29, 1.82) is 0 Å². The van der Waals surface area contributed by atoms with Crippen LogP contribution in [0.25, 0.3) is 72.2 Å². The fourth-order valence-corrected chi connectivity index (χ4v) is 5.59. The van der Waals surface area contributed by atoms with Crippen LogP contribution in [0.2, 0.25) is 0 Å². The van der Waals surface area contributed by atoms with E-state index in [1.54, 1.807) is 0 Å². The van der Waals surface area contributed by atoms with Crippen LogP contribution in [0.4, 0.5) is 0 Å². The van der Waals surface area contributed by atoms with Crippen LogP contribution < -0.4 is 0 Å². The molecule has 0 atom stereocenters. The molecular weight excluding hydrogens is 500 g/mol. The van der Waals surface area contributed by atoms with Gasteiger partial charge in [0.05, 0.1) is 28.1 Å². The molecule has 0 fully saturated rings. The SMILES string of the molecule is c1ccc(-c2cc(-c3ccccc3)n(-c3ccc4ccc5ccc(-c6cccc7ccccc67)nc5c4n3)n2)cc1. The first-order chi connectivity index (χ1) is 20.3. The Kier molecular flexibility index (Phi) is 5.42. The maximum atomic E-state index is 5.20. The molecule has 0 unspecified atom stereocenters. The van der Waals surface area contributed by atoms with Crippen LogP contribution in [0.15, 0.2) is 146 Å². The second-order valence-corrected chi connectivity index (χ2v) is 10.2. The van der Waals surface area contributed by atoms with Gasteiger partial charge in [0, 0.05) is 27.5 Å². The van der Waals surface area contributed by atoms with E-state index in [2.05, 4.69) is 115 Å². The smallest absolute Gasteiger partial charge is 0.154 e. The Labute approximate surface area is 237 Å². The first kappa shape index (κ1) is 23.3. The van der Waals surface area contributed by atoms with Crippen LogP contribution in [0.5, 0.6) is 0 Å². The fourth-order valence-electron chi connectivity index (χ4n) is 5.59. The molecule has 8 aromatic rings. The maximum absolute atomic E-state index is 5.20. The molecule has 0 N–H and O–H groups in total. The summed E-state index contributed by atoms with van der Waals surface area (Å²) in [4.78, 5) is 10.4. The van der Waals surface area contributed by atoms with Gasteiger partial charge in [0.25, 0.3) is 0 Å². The number of hydrogen-bond acceptors (Lipinski definition) is 3. The lowest BCUT2D eigenvalue weighted by Gasteiger charge is -2.11. The lowest BCUT2D eigenvalue weighted by molar-refractivity contribution is 0.864. The third kappa shape index (κ3) is 4.05. The lowest BCUT2D eigenvalue weighted by atomic mass is 10.0. The van der Waals surface area contributed by atoms with Gasteiger partial charge in [0.2, 0.25) is 0 Å². The molecule has 8 rings (SSSR count). The van der Waals surface area contributed by atoms with Crippen LogP contribution in [-0.2, 0) is 0 Å². The maximum Gasteiger partial charge on any atom is 0.154 e. The normalized spacial score (nSPS) is 11.4. The van der Waals surface area contributed by atoms with Gasteiger partial charge in [-0.2, -0.15) is 5.10 Å². The molecule has 0 saturated heterocycles. The minimum Gasteiger partial charge on any atom is -0.245 e. The summed E-state index contributed by atoms with van der Waals surface area (Å²) in [6.07, 6.45) is 0. The Bertz CT molecular complexity index is 2190. The molecule has 0 radical (unpaired) electrons. The van der Waals surface area contributed by atoms with Gasteiger partial charge in [0.15, 0.2) is 5.82 Å². The third-order valence-electron chi connectivity index (χ3n) is 7.64. The van der Waals surface area contributed by atoms with E-state index in [0.29, 0.717) is 0 Å². The summed E-state index contributed by atoms with van der Waals surface area (Å²) in [6, 6.07) is 50.2. The van der Waals surface area contributed by atoms with E-state index in [9.17, 15) is 0 Å². The van der Waals surface area contributed by atoms with E-state index in [-0.39, 0.29) is 0 Å². The molecule has 0 spiro atoms. The zero-order valence-electron chi connectivity index (χ0n) is 22.1. The zero-order valence-corrected chi connectivity index (χ0v) is 22.1. The molecule has 3 aromatic heterocycles. The summed E-state index contributed by atoms with van der Waals surface area (Å²) in [6.45, 7) is 0. The highest BCUT2D eigenvalue weighted by Crippen LogP contribution is 2.32. The number of benzene rings is 5. The number of pyridine rings is 2. The van der Waals surface area contributed by atoms with Gasteiger partial charge < -0.3 is 0 Å². The average Bonchev–Trinajstić information content (AvgIpc) is 3.50. The van der Waals surface area contributed by atoms with Gasteiger partial charge in [-0.25, -0.2) is 14.6 Å². The molecule has 5 aromatic carbocycles. The lowest BCUT2D eigenvalue weighted by Crippen LogP contribution is -2.02. The third-order valence-corrected chi connectivity index (χ3v) is 7.64. The quantitative estimate of drug-likeness (QED) is 0.216. The summed E-state index contributed by atoms with van der Waals surface area (Å²) in [5.74, 6) is 0.753. The summed E-state index contributed by atoms with van der Waals surface area (Å²) in [5.41, 5.74) is 7.83. The fraction of sp³-hybridized carbons (Fsp3) is 0. The Balaban J connectivity index is 1.34. The Hall–Kier alpha value is -5.61. The number of fused-ring (bicyclic) bond motifs is 4. The Morgan fingerprint density at radius 3 is 1.88 bits per heavy atom. The number of hydrogen-bond donors (Lipinski definition) is 0. The van der Waals surface area contributed by atoms with E-state index in [1.807, 2.05) is 35.0 Å². The van der Waals surface area contributed by atoms with Gasteiger partial charge in [-0.1, -0.05) is 121 Å². The summed E-state index contributed by atoms with van der Waals surface area (Å²) in [7, 11) is 0. The molecule has 0 saturated carbocycles. The zero-order chi connectivity index (χ0) is 27.2. The van der Waals surface area contributed by atoms with Crippen molar-refractivity contribution in [2.45, 2.75) is 0 Å². The molecule has 0 amide bonds. The highest BCUT2D eigenvalue weighted by molar-refractivity contribution is 6.05. The van der Waals surface area contributed by atoms with Gasteiger partial charge in [-0.15, -0.1) is 0 Å². The van der Waals surface area contributed by atoms with Crippen LogP contribution >= 0.6 is 0 Å². The Morgan fingerprint density at radius 2 is 1.07 bits per heavy atom. The van der Waals surface area contributed by atoms with Gasteiger partial charge in [-0.3, -0.25) is 0 Å². The van der Waals surface area contributed by atoms with Crippen molar-refractivity contribution in [2.24, 2.45) is 0 Å². The topological polar surface area (TPSA) is 43.6 Å². The monoisotopic (exact) mass is 524 g/mol. The molecule has 0 aliphatic rings. The molecular formula is C37H24N4. The highest BCUT2D eigenvalue weighted by atomic mass is 15.3. The Morgan fingerprint density at radius 1 is 0.439 bits per heavy atom.